The molecule has 3 nitrogen and oxygen atoms in total. The summed E-state index contributed by atoms with van der Waals surface area (Å²) in [6.45, 7) is 6.47. The first kappa shape index (κ1) is 15.2. The smallest absolute Gasteiger partial charge is 0.125 e. The molecular formula is C17H26O3. The molecule has 0 radical (unpaired) electrons. The van der Waals surface area contributed by atoms with Crippen LogP contribution in [-0.2, 0) is 6.42 Å². The van der Waals surface area contributed by atoms with Crippen LogP contribution in [0.4, 0.5) is 0 Å². The summed E-state index contributed by atoms with van der Waals surface area (Å²) in [5.74, 6) is 2.35. The quantitative estimate of drug-likeness (QED) is 0.858. The number of benzene rings is 1. The zero-order chi connectivity index (χ0) is 14.7. The highest BCUT2D eigenvalue weighted by molar-refractivity contribution is 5.49. The molecule has 0 aromatic heterocycles. The van der Waals surface area contributed by atoms with Gasteiger partial charge >= 0.3 is 0 Å². The van der Waals surface area contributed by atoms with Gasteiger partial charge in [0.2, 0.25) is 0 Å². The average Bonchev–Trinajstić information content (AvgIpc) is 2.75. The van der Waals surface area contributed by atoms with Crippen molar-refractivity contribution in [2.24, 2.45) is 5.92 Å². The largest absolute Gasteiger partial charge is 0.496 e. The Bertz CT molecular complexity index is 454. The van der Waals surface area contributed by atoms with Gasteiger partial charge in [-0.25, -0.2) is 0 Å². The van der Waals surface area contributed by atoms with Crippen molar-refractivity contribution in [3.8, 4) is 11.5 Å². The molecule has 0 aliphatic carbocycles. The van der Waals surface area contributed by atoms with Crippen molar-refractivity contribution in [2.75, 3.05) is 7.11 Å². The molecule has 2 unspecified atom stereocenters. The van der Waals surface area contributed by atoms with Gasteiger partial charge in [-0.2, -0.15) is 0 Å². The predicted octanol–water partition coefficient (Wildman–Crippen LogP) is 3.88. The van der Waals surface area contributed by atoms with E-state index in [9.17, 15) is 5.11 Å². The van der Waals surface area contributed by atoms with Gasteiger partial charge in [-0.1, -0.05) is 26.7 Å². The average molecular weight is 278 g/mol. The first-order chi connectivity index (χ1) is 9.51. The van der Waals surface area contributed by atoms with Gasteiger partial charge in [0.15, 0.2) is 0 Å². The zero-order valence-corrected chi connectivity index (χ0v) is 13.0. The van der Waals surface area contributed by atoms with Gasteiger partial charge < -0.3 is 14.6 Å². The van der Waals surface area contributed by atoms with E-state index in [0.717, 1.165) is 42.7 Å². The van der Waals surface area contributed by atoms with Crippen molar-refractivity contribution in [1.29, 1.82) is 0 Å². The van der Waals surface area contributed by atoms with E-state index in [1.54, 1.807) is 7.11 Å². The third kappa shape index (κ3) is 3.45. The number of hydrogen-bond donors (Lipinski definition) is 1. The molecule has 2 atom stereocenters. The Morgan fingerprint density at radius 3 is 2.75 bits per heavy atom. The van der Waals surface area contributed by atoms with Crippen molar-refractivity contribution in [1.82, 2.24) is 0 Å². The van der Waals surface area contributed by atoms with Crippen molar-refractivity contribution >= 4 is 0 Å². The fourth-order valence-electron chi connectivity index (χ4n) is 2.77. The van der Waals surface area contributed by atoms with E-state index in [1.807, 2.05) is 12.1 Å². The molecule has 0 saturated heterocycles. The maximum Gasteiger partial charge on any atom is 0.125 e. The van der Waals surface area contributed by atoms with Gasteiger partial charge in [0.05, 0.1) is 13.2 Å². The summed E-state index contributed by atoms with van der Waals surface area (Å²) >= 11 is 0. The van der Waals surface area contributed by atoms with E-state index in [1.165, 1.54) is 5.56 Å². The molecule has 0 fully saturated rings. The van der Waals surface area contributed by atoms with Gasteiger partial charge in [-0.15, -0.1) is 0 Å². The van der Waals surface area contributed by atoms with E-state index in [2.05, 4.69) is 20.8 Å². The Hall–Kier alpha value is -1.22. The molecule has 1 N–H and O–H groups in total. The summed E-state index contributed by atoms with van der Waals surface area (Å²) in [6, 6.07) is 3.97. The zero-order valence-electron chi connectivity index (χ0n) is 13.0. The van der Waals surface area contributed by atoms with Crippen LogP contribution in [0.3, 0.4) is 0 Å². The Labute approximate surface area is 121 Å². The SMILES string of the molecule is COc1cc2c(cc1C(O)CCCC(C)C)OC(C)C2. The normalized spacial score (nSPS) is 18.8. The summed E-state index contributed by atoms with van der Waals surface area (Å²) < 4.78 is 11.2. The highest BCUT2D eigenvalue weighted by Crippen LogP contribution is 2.38. The molecule has 1 aromatic rings. The lowest BCUT2D eigenvalue weighted by atomic mass is 9.97. The fourth-order valence-corrected chi connectivity index (χ4v) is 2.77. The molecular weight excluding hydrogens is 252 g/mol. The van der Waals surface area contributed by atoms with Crippen molar-refractivity contribution in [3.05, 3.63) is 23.3 Å². The molecule has 20 heavy (non-hydrogen) atoms. The fraction of sp³-hybridized carbons (Fsp3) is 0.647. The van der Waals surface area contributed by atoms with Crippen LogP contribution in [0.2, 0.25) is 0 Å². The van der Waals surface area contributed by atoms with E-state index < -0.39 is 6.10 Å². The monoisotopic (exact) mass is 278 g/mol. The molecule has 0 bridgehead atoms. The minimum Gasteiger partial charge on any atom is -0.496 e. The summed E-state index contributed by atoms with van der Waals surface area (Å²) in [5.41, 5.74) is 2.02. The van der Waals surface area contributed by atoms with Gasteiger partial charge in [0.1, 0.15) is 17.6 Å². The van der Waals surface area contributed by atoms with Crippen molar-refractivity contribution in [3.63, 3.8) is 0 Å². The molecule has 1 heterocycles. The number of aliphatic hydroxyl groups excluding tert-OH is 1. The topological polar surface area (TPSA) is 38.7 Å². The molecule has 1 aromatic carbocycles. The number of aliphatic hydroxyl groups is 1. The Morgan fingerprint density at radius 1 is 1.35 bits per heavy atom. The van der Waals surface area contributed by atoms with Crippen LogP contribution < -0.4 is 9.47 Å². The number of rotatable bonds is 6. The first-order valence-electron chi connectivity index (χ1n) is 7.56. The lowest BCUT2D eigenvalue weighted by Gasteiger charge is -2.16. The van der Waals surface area contributed by atoms with E-state index in [4.69, 9.17) is 9.47 Å². The Morgan fingerprint density at radius 2 is 2.10 bits per heavy atom. The summed E-state index contributed by atoms with van der Waals surface area (Å²) in [4.78, 5) is 0. The third-order valence-corrected chi connectivity index (χ3v) is 3.87. The minimum absolute atomic E-state index is 0.211. The number of ether oxygens (including phenoxy) is 2. The second-order valence-electron chi connectivity index (χ2n) is 6.18. The minimum atomic E-state index is -0.478. The van der Waals surface area contributed by atoms with Crippen LogP contribution in [-0.4, -0.2) is 18.3 Å². The van der Waals surface area contributed by atoms with Crippen molar-refractivity contribution in [2.45, 2.75) is 58.7 Å². The number of methoxy groups -OCH3 is 1. The standard InChI is InChI=1S/C17H26O3/c1-11(2)6-5-7-15(18)14-10-16-13(8-12(3)20-16)9-17(14)19-4/h9-12,15,18H,5-8H2,1-4H3. The van der Waals surface area contributed by atoms with Crippen LogP contribution >= 0.6 is 0 Å². The maximum absolute atomic E-state index is 10.4. The highest BCUT2D eigenvalue weighted by atomic mass is 16.5. The molecule has 0 spiro atoms. The van der Waals surface area contributed by atoms with Crippen LogP contribution in [0, 0.1) is 5.92 Å². The molecule has 3 heteroatoms. The molecule has 0 saturated carbocycles. The van der Waals surface area contributed by atoms with Gasteiger partial charge in [-0.05, 0) is 31.4 Å². The van der Waals surface area contributed by atoms with Gasteiger partial charge in [0.25, 0.3) is 0 Å². The summed E-state index contributed by atoms with van der Waals surface area (Å²) in [5, 5.41) is 10.4. The highest BCUT2D eigenvalue weighted by Gasteiger charge is 2.24. The lowest BCUT2D eigenvalue weighted by molar-refractivity contribution is 0.157. The summed E-state index contributed by atoms with van der Waals surface area (Å²) in [7, 11) is 1.66. The second kappa shape index (κ2) is 6.49. The molecule has 112 valence electrons. The molecule has 1 aliphatic heterocycles. The second-order valence-corrected chi connectivity index (χ2v) is 6.18. The summed E-state index contributed by atoms with van der Waals surface area (Å²) in [6.07, 6.45) is 3.57. The number of fused-ring (bicyclic) bond motifs is 1. The van der Waals surface area contributed by atoms with Crippen LogP contribution in [0.1, 0.15) is 57.3 Å². The molecule has 2 rings (SSSR count). The van der Waals surface area contributed by atoms with Crippen molar-refractivity contribution < 1.29 is 14.6 Å². The molecule has 0 amide bonds. The van der Waals surface area contributed by atoms with Crippen LogP contribution in [0.25, 0.3) is 0 Å². The lowest BCUT2D eigenvalue weighted by Crippen LogP contribution is -2.05. The van der Waals surface area contributed by atoms with Gasteiger partial charge in [0, 0.05) is 17.5 Å². The first-order valence-corrected chi connectivity index (χ1v) is 7.56. The van der Waals surface area contributed by atoms with Crippen LogP contribution in [0.5, 0.6) is 11.5 Å². The third-order valence-electron chi connectivity index (χ3n) is 3.87. The Balaban J connectivity index is 2.12. The van der Waals surface area contributed by atoms with Crippen LogP contribution in [0.15, 0.2) is 12.1 Å². The molecule has 1 aliphatic rings. The number of hydrogen-bond acceptors (Lipinski definition) is 3. The maximum atomic E-state index is 10.4. The van der Waals surface area contributed by atoms with Gasteiger partial charge in [-0.3, -0.25) is 0 Å². The Kier molecular flexibility index (Phi) is 4.92. The van der Waals surface area contributed by atoms with E-state index in [0.29, 0.717) is 5.92 Å². The van der Waals surface area contributed by atoms with E-state index >= 15 is 0 Å². The predicted molar refractivity (Wildman–Crippen MR) is 80.4 cm³/mol. The van der Waals surface area contributed by atoms with E-state index in [-0.39, 0.29) is 6.10 Å².